The molecule has 0 radical (unpaired) electrons. The number of hydrogen-bond acceptors (Lipinski definition) is 2. The topological polar surface area (TPSA) is 21.3 Å². The fourth-order valence-electron chi connectivity index (χ4n) is 3.67. The second kappa shape index (κ2) is 9.99. The van der Waals surface area contributed by atoms with E-state index in [2.05, 4.69) is 36.5 Å². The first-order valence-electron chi connectivity index (χ1n) is 9.91. The van der Waals surface area contributed by atoms with E-state index in [4.69, 9.17) is 16.3 Å². The molecule has 0 spiro atoms. The van der Waals surface area contributed by atoms with Crippen molar-refractivity contribution in [2.45, 2.75) is 71.1 Å². The van der Waals surface area contributed by atoms with E-state index in [0.717, 1.165) is 22.9 Å². The molecule has 0 saturated heterocycles. The molecule has 1 aliphatic carbocycles. The predicted molar refractivity (Wildman–Crippen MR) is 110 cm³/mol. The second-order valence-electron chi connectivity index (χ2n) is 7.39. The lowest BCUT2D eigenvalue weighted by molar-refractivity contribution is 0.299. The largest absolute Gasteiger partial charge is 0.489 e. The van der Waals surface area contributed by atoms with Crippen molar-refractivity contribution in [1.29, 1.82) is 0 Å². The third kappa shape index (κ3) is 5.75. The third-order valence-corrected chi connectivity index (χ3v) is 5.59. The molecular formula is C23H30ClNO. The molecule has 2 nitrogen and oxygen atoms in total. The average Bonchev–Trinajstić information content (AvgIpc) is 2.61. The molecule has 1 saturated carbocycles. The molecule has 0 aliphatic heterocycles. The molecule has 3 rings (SSSR count). The van der Waals surface area contributed by atoms with Gasteiger partial charge in [0.1, 0.15) is 12.4 Å². The highest BCUT2D eigenvalue weighted by Crippen LogP contribution is 2.25. The first-order chi connectivity index (χ1) is 12.7. The molecule has 26 heavy (non-hydrogen) atoms. The van der Waals surface area contributed by atoms with Gasteiger partial charge in [-0.1, -0.05) is 68.0 Å². The zero-order chi connectivity index (χ0) is 18.2. The lowest BCUT2D eigenvalue weighted by Gasteiger charge is -2.22. The Morgan fingerprint density at radius 1 is 0.962 bits per heavy atom. The van der Waals surface area contributed by atoms with Crippen LogP contribution in [0.2, 0.25) is 5.02 Å². The van der Waals surface area contributed by atoms with Crippen molar-refractivity contribution in [2.24, 2.45) is 0 Å². The SMILES string of the molecule is Cc1ccccc1COc1ccc(Cl)cc1CNC1CCCCCCC1. The van der Waals surface area contributed by atoms with E-state index >= 15 is 0 Å². The standard InChI is InChI=1S/C23H30ClNO/c1-18-9-7-8-10-19(18)17-26-23-14-13-21(24)15-20(23)16-25-22-11-5-3-2-4-6-12-22/h7-10,13-15,22,25H,2-6,11-12,16-17H2,1H3. The number of benzene rings is 2. The maximum atomic E-state index is 6.25. The summed E-state index contributed by atoms with van der Waals surface area (Å²) in [5.41, 5.74) is 3.63. The summed E-state index contributed by atoms with van der Waals surface area (Å²) < 4.78 is 6.14. The van der Waals surface area contributed by atoms with E-state index in [1.807, 2.05) is 18.2 Å². The fourth-order valence-corrected chi connectivity index (χ4v) is 3.86. The quantitative estimate of drug-likeness (QED) is 0.631. The van der Waals surface area contributed by atoms with Gasteiger partial charge in [-0.3, -0.25) is 0 Å². The lowest BCUT2D eigenvalue weighted by atomic mass is 9.96. The molecule has 0 unspecified atom stereocenters. The van der Waals surface area contributed by atoms with Crippen molar-refractivity contribution < 1.29 is 4.74 Å². The maximum absolute atomic E-state index is 6.25. The van der Waals surface area contributed by atoms with Crippen molar-refractivity contribution in [3.05, 3.63) is 64.2 Å². The van der Waals surface area contributed by atoms with Crippen LogP contribution in [0.25, 0.3) is 0 Å². The summed E-state index contributed by atoms with van der Waals surface area (Å²) in [6, 6.07) is 14.9. The number of halogens is 1. The highest BCUT2D eigenvalue weighted by Gasteiger charge is 2.13. The third-order valence-electron chi connectivity index (χ3n) is 5.35. The molecule has 140 valence electrons. The van der Waals surface area contributed by atoms with Crippen LogP contribution in [0.15, 0.2) is 42.5 Å². The molecule has 0 heterocycles. The monoisotopic (exact) mass is 371 g/mol. The van der Waals surface area contributed by atoms with Gasteiger partial charge in [-0.2, -0.15) is 0 Å². The molecule has 0 aromatic heterocycles. The van der Waals surface area contributed by atoms with Crippen LogP contribution in [0.5, 0.6) is 5.75 Å². The number of nitrogens with one attached hydrogen (secondary N) is 1. The van der Waals surface area contributed by atoms with E-state index < -0.39 is 0 Å². The number of rotatable bonds is 6. The van der Waals surface area contributed by atoms with Crippen molar-refractivity contribution >= 4 is 11.6 Å². The Morgan fingerprint density at radius 3 is 2.46 bits per heavy atom. The van der Waals surface area contributed by atoms with E-state index in [9.17, 15) is 0 Å². The molecule has 0 bridgehead atoms. The molecule has 0 atom stereocenters. The second-order valence-corrected chi connectivity index (χ2v) is 7.83. The summed E-state index contributed by atoms with van der Waals surface area (Å²) in [6.07, 6.45) is 9.38. The molecule has 2 aromatic carbocycles. The van der Waals surface area contributed by atoms with Gasteiger partial charge in [0, 0.05) is 23.2 Å². The van der Waals surface area contributed by atoms with Gasteiger partial charge in [-0.05, 0) is 49.1 Å². The van der Waals surface area contributed by atoms with Crippen LogP contribution in [-0.2, 0) is 13.2 Å². The van der Waals surface area contributed by atoms with Crippen molar-refractivity contribution in [1.82, 2.24) is 5.32 Å². The van der Waals surface area contributed by atoms with E-state index in [1.165, 1.54) is 56.1 Å². The Labute approximate surface area is 162 Å². The van der Waals surface area contributed by atoms with Gasteiger partial charge in [0.05, 0.1) is 0 Å². The minimum Gasteiger partial charge on any atom is -0.489 e. The summed E-state index contributed by atoms with van der Waals surface area (Å²) in [6.45, 7) is 3.52. The summed E-state index contributed by atoms with van der Waals surface area (Å²) >= 11 is 6.25. The Morgan fingerprint density at radius 2 is 1.69 bits per heavy atom. The van der Waals surface area contributed by atoms with Crippen LogP contribution >= 0.6 is 11.6 Å². The van der Waals surface area contributed by atoms with E-state index in [-0.39, 0.29) is 0 Å². The minimum absolute atomic E-state index is 0.588. The smallest absolute Gasteiger partial charge is 0.124 e. The molecule has 1 fully saturated rings. The Bertz CT molecular complexity index is 692. The van der Waals surface area contributed by atoms with Crippen LogP contribution in [0.4, 0.5) is 0 Å². The van der Waals surface area contributed by atoms with Crippen LogP contribution in [0.1, 0.15) is 61.6 Å². The van der Waals surface area contributed by atoms with Crippen LogP contribution in [-0.4, -0.2) is 6.04 Å². The summed E-state index contributed by atoms with van der Waals surface area (Å²) in [4.78, 5) is 0. The molecule has 2 aromatic rings. The lowest BCUT2D eigenvalue weighted by Crippen LogP contribution is -2.29. The van der Waals surface area contributed by atoms with Crippen molar-refractivity contribution in [3.63, 3.8) is 0 Å². The van der Waals surface area contributed by atoms with Gasteiger partial charge in [0.25, 0.3) is 0 Å². The highest BCUT2D eigenvalue weighted by atomic mass is 35.5. The first-order valence-corrected chi connectivity index (χ1v) is 10.3. The summed E-state index contributed by atoms with van der Waals surface area (Å²) in [5, 5.41) is 4.51. The van der Waals surface area contributed by atoms with Gasteiger partial charge in [-0.15, -0.1) is 0 Å². The number of ether oxygens (including phenoxy) is 1. The van der Waals surface area contributed by atoms with E-state index in [0.29, 0.717) is 12.6 Å². The summed E-state index contributed by atoms with van der Waals surface area (Å²) in [5.74, 6) is 0.927. The molecule has 1 N–H and O–H groups in total. The van der Waals surface area contributed by atoms with Gasteiger partial charge in [0.2, 0.25) is 0 Å². The van der Waals surface area contributed by atoms with Gasteiger partial charge in [0.15, 0.2) is 0 Å². The average molecular weight is 372 g/mol. The zero-order valence-electron chi connectivity index (χ0n) is 15.8. The zero-order valence-corrected chi connectivity index (χ0v) is 16.5. The Balaban J connectivity index is 1.62. The number of hydrogen-bond donors (Lipinski definition) is 1. The number of aryl methyl sites for hydroxylation is 1. The Kier molecular flexibility index (Phi) is 7.40. The van der Waals surface area contributed by atoms with Gasteiger partial charge >= 0.3 is 0 Å². The van der Waals surface area contributed by atoms with Crippen LogP contribution in [0, 0.1) is 6.92 Å². The van der Waals surface area contributed by atoms with E-state index in [1.54, 1.807) is 0 Å². The Hall–Kier alpha value is -1.51. The highest BCUT2D eigenvalue weighted by molar-refractivity contribution is 6.30. The normalized spacial score (nSPS) is 16.1. The molecule has 0 amide bonds. The predicted octanol–water partition coefficient (Wildman–Crippen LogP) is 6.43. The molecular weight excluding hydrogens is 342 g/mol. The van der Waals surface area contributed by atoms with Gasteiger partial charge < -0.3 is 10.1 Å². The molecule has 3 heteroatoms. The first kappa shape index (κ1) is 19.3. The van der Waals surface area contributed by atoms with Crippen molar-refractivity contribution in [3.8, 4) is 5.75 Å². The van der Waals surface area contributed by atoms with Gasteiger partial charge in [-0.25, -0.2) is 0 Å². The fraction of sp³-hybridized carbons (Fsp3) is 0.478. The van der Waals surface area contributed by atoms with Crippen molar-refractivity contribution in [2.75, 3.05) is 0 Å². The minimum atomic E-state index is 0.588. The maximum Gasteiger partial charge on any atom is 0.124 e. The van der Waals surface area contributed by atoms with Crippen LogP contribution in [0.3, 0.4) is 0 Å². The molecule has 1 aliphatic rings. The van der Waals surface area contributed by atoms with Crippen LogP contribution < -0.4 is 10.1 Å². The summed E-state index contributed by atoms with van der Waals surface area (Å²) in [7, 11) is 0.